The first-order chi connectivity index (χ1) is 9.47. The molecule has 2 N–H and O–H groups in total. The van der Waals surface area contributed by atoms with E-state index in [1.54, 1.807) is 0 Å². The molecule has 1 aliphatic heterocycles. The van der Waals surface area contributed by atoms with Crippen LogP contribution in [0.15, 0.2) is 18.2 Å². The molecule has 1 saturated heterocycles. The van der Waals surface area contributed by atoms with Crippen LogP contribution in [-0.4, -0.2) is 47.1 Å². The molecule has 0 saturated carbocycles. The Morgan fingerprint density at radius 1 is 1.55 bits per heavy atom. The maximum atomic E-state index is 11.2. The lowest BCUT2D eigenvalue weighted by atomic mass is 10.0. The van der Waals surface area contributed by atoms with Crippen LogP contribution in [0.5, 0.6) is 0 Å². The standard InChI is InChI=1S/C13H17N3O4/c1-15-6-2-3-9(8-15)14-12-5-4-10(16(19)20)7-11(12)13(17)18/h4-5,7,9,14H,2-3,6,8H2,1H3,(H,17,18). The number of nitrogens with zero attached hydrogens (tertiary/aromatic N) is 2. The van der Waals surface area contributed by atoms with Crippen LogP contribution < -0.4 is 5.32 Å². The van der Waals surface area contributed by atoms with Crippen LogP contribution >= 0.6 is 0 Å². The molecule has 1 fully saturated rings. The van der Waals surface area contributed by atoms with Gasteiger partial charge in [-0.3, -0.25) is 10.1 Å². The van der Waals surface area contributed by atoms with Gasteiger partial charge < -0.3 is 15.3 Å². The normalized spacial score (nSPS) is 19.6. The molecule has 108 valence electrons. The van der Waals surface area contributed by atoms with Crippen molar-refractivity contribution in [3.05, 3.63) is 33.9 Å². The average Bonchev–Trinajstić information content (AvgIpc) is 2.38. The fraction of sp³-hybridized carbons (Fsp3) is 0.462. The van der Waals surface area contributed by atoms with Crippen molar-refractivity contribution >= 4 is 17.3 Å². The van der Waals surface area contributed by atoms with Crippen molar-refractivity contribution in [3.8, 4) is 0 Å². The molecule has 0 radical (unpaired) electrons. The molecule has 0 spiro atoms. The largest absolute Gasteiger partial charge is 0.478 e. The number of likely N-dealkylation sites (tertiary alicyclic amines) is 1. The third kappa shape index (κ3) is 3.24. The highest BCUT2D eigenvalue weighted by Gasteiger charge is 2.21. The van der Waals surface area contributed by atoms with E-state index in [0.29, 0.717) is 5.69 Å². The number of hydrogen-bond acceptors (Lipinski definition) is 5. The van der Waals surface area contributed by atoms with Crippen LogP contribution in [0.4, 0.5) is 11.4 Å². The van der Waals surface area contributed by atoms with E-state index < -0.39 is 10.9 Å². The maximum absolute atomic E-state index is 11.2. The Balaban J connectivity index is 2.22. The first kappa shape index (κ1) is 14.3. The Morgan fingerprint density at radius 2 is 2.30 bits per heavy atom. The number of nitrogens with one attached hydrogen (secondary N) is 1. The Kier molecular flexibility index (Phi) is 4.19. The van der Waals surface area contributed by atoms with Crippen LogP contribution in [-0.2, 0) is 0 Å². The van der Waals surface area contributed by atoms with Crippen molar-refractivity contribution in [2.45, 2.75) is 18.9 Å². The number of likely N-dealkylation sites (N-methyl/N-ethyl adjacent to an activating group) is 1. The molecule has 1 heterocycles. The number of anilines is 1. The number of rotatable bonds is 4. The Bertz CT molecular complexity index is 532. The molecule has 1 aliphatic rings. The third-order valence-electron chi connectivity index (χ3n) is 3.43. The van der Waals surface area contributed by atoms with Gasteiger partial charge >= 0.3 is 5.97 Å². The molecule has 0 bridgehead atoms. The first-order valence-electron chi connectivity index (χ1n) is 6.44. The molecule has 0 amide bonds. The summed E-state index contributed by atoms with van der Waals surface area (Å²) < 4.78 is 0. The van der Waals surface area contributed by atoms with E-state index in [2.05, 4.69) is 10.2 Å². The third-order valence-corrected chi connectivity index (χ3v) is 3.43. The fourth-order valence-corrected chi connectivity index (χ4v) is 2.45. The monoisotopic (exact) mass is 279 g/mol. The molecule has 1 unspecified atom stereocenters. The van der Waals surface area contributed by atoms with E-state index in [4.69, 9.17) is 0 Å². The number of nitro groups is 1. The lowest BCUT2D eigenvalue weighted by Gasteiger charge is -2.31. The van der Waals surface area contributed by atoms with Crippen LogP contribution in [0.3, 0.4) is 0 Å². The SMILES string of the molecule is CN1CCCC(Nc2ccc([N+](=O)[O-])cc2C(=O)O)C1. The first-order valence-corrected chi connectivity index (χ1v) is 6.44. The summed E-state index contributed by atoms with van der Waals surface area (Å²) in [5.74, 6) is -1.17. The highest BCUT2D eigenvalue weighted by molar-refractivity contribution is 5.95. The summed E-state index contributed by atoms with van der Waals surface area (Å²) in [7, 11) is 2.02. The molecule has 7 heteroatoms. The summed E-state index contributed by atoms with van der Waals surface area (Å²) in [5.41, 5.74) is 0.157. The van der Waals surface area contributed by atoms with E-state index >= 15 is 0 Å². The van der Waals surface area contributed by atoms with Gasteiger partial charge in [-0.25, -0.2) is 4.79 Å². The number of nitro benzene ring substituents is 1. The van der Waals surface area contributed by atoms with Crippen molar-refractivity contribution in [2.75, 3.05) is 25.5 Å². The van der Waals surface area contributed by atoms with E-state index in [9.17, 15) is 20.0 Å². The van der Waals surface area contributed by atoms with Gasteiger partial charge in [0.15, 0.2) is 0 Å². The number of non-ortho nitro benzene ring substituents is 1. The zero-order chi connectivity index (χ0) is 14.7. The fourth-order valence-electron chi connectivity index (χ4n) is 2.45. The molecule has 1 aromatic rings. The Hall–Kier alpha value is -2.15. The van der Waals surface area contributed by atoms with E-state index in [1.165, 1.54) is 12.1 Å². The predicted octanol–water partition coefficient (Wildman–Crippen LogP) is 1.80. The topological polar surface area (TPSA) is 95.7 Å². The number of hydrogen-bond donors (Lipinski definition) is 2. The van der Waals surface area contributed by atoms with Gasteiger partial charge in [-0.1, -0.05) is 0 Å². The van der Waals surface area contributed by atoms with Crippen molar-refractivity contribution in [2.24, 2.45) is 0 Å². The minimum absolute atomic E-state index is 0.0626. The molecule has 2 rings (SSSR count). The molecular weight excluding hydrogens is 262 g/mol. The average molecular weight is 279 g/mol. The minimum atomic E-state index is -1.17. The summed E-state index contributed by atoms with van der Waals surface area (Å²) in [6, 6.07) is 4.04. The second-order valence-electron chi connectivity index (χ2n) is 5.04. The summed E-state index contributed by atoms with van der Waals surface area (Å²) >= 11 is 0. The van der Waals surface area contributed by atoms with Gasteiger partial charge in [-0.15, -0.1) is 0 Å². The molecule has 1 aromatic carbocycles. The highest BCUT2D eigenvalue weighted by Crippen LogP contribution is 2.24. The molecular formula is C13H17N3O4. The van der Waals surface area contributed by atoms with Crippen LogP contribution in [0, 0.1) is 10.1 Å². The summed E-state index contributed by atoms with van der Waals surface area (Å²) in [6.45, 7) is 1.86. The number of carboxylic acids is 1. The zero-order valence-electron chi connectivity index (χ0n) is 11.2. The van der Waals surface area contributed by atoms with Gasteiger partial charge in [0, 0.05) is 30.4 Å². The van der Waals surface area contributed by atoms with E-state index in [0.717, 1.165) is 32.0 Å². The summed E-state index contributed by atoms with van der Waals surface area (Å²) in [6.07, 6.45) is 2.00. The highest BCUT2D eigenvalue weighted by atomic mass is 16.6. The van der Waals surface area contributed by atoms with Crippen LogP contribution in [0.2, 0.25) is 0 Å². The van der Waals surface area contributed by atoms with Gasteiger partial charge in [0.2, 0.25) is 0 Å². The molecule has 7 nitrogen and oxygen atoms in total. The smallest absolute Gasteiger partial charge is 0.338 e. The lowest BCUT2D eigenvalue weighted by Crippen LogP contribution is -2.40. The van der Waals surface area contributed by atoms with Crippen molar-refractivity contribution < 1.29 is 14.8 Å². The molecule has 20 heavy (non-hydrogen) atoms. The van der Waals surface area contributed by atoms with Crippen molar-refractivity contribution in [1.29, 1.82) is 0 Å². The van der Waals surface area contributed by atoms with Gasteiger partial charge in [0.1, 0.15) is 0 Å². The number of piperidine rings is 1. The number of carbonyl (C=O) groups is 1. The van der Waals surface area contributed by atoms with Gasteiger partial charge in [-0.2, -0.15) is 0 Å². The lowest BCUT2D eigenvalue weighted by molar-refractivity contribution is -0.384. The van der Waals surface area contributed by atoms with Gasteiger partial charge in [0.25, 0.3) is 5.69 Å². The zero-order valence-corrected chi connectivity index (χ0v) is 11.2. The van der Waals surface area contributed by atoms with Crippen LogP contribution in [0.1, 0.15) is 23.2 Å². The maximum Gasteiger partial charge on any atom is 0.338 e. The Morgan fingerprint density at radius 3 is 2.90 bits per heavy atom. The van der Waals surface area contributed by atoms with Crippen molar-refractivity contribution in [1.82, 2.24) is 4.90 Å². The quantitative estimate of drug-likeness (QED) is 0.644. The predicted molar refractivity (Wildman–Crippen MR) is 74.2 cm³/mol. The van der Waals surface area contributed by atoms with Gasteiger partial charge in [-0.05, 0) is 32.5 Å². The van der Waals surface area contributed by atoms with Gasteiger partial charge in [0.05, 0.1) is 10.5 Å². The second kappa shape index (κ2) is 5.87. The Labute approximate surface area is 116 Å². The van der Waals surface area contributed by atoms with E-state index in [-0.39, 0.29) is 17.3 Å². The number of benzene rings is 1. The minimum Gasteiger partial charge on any atom is -0.478 e. The molecule has 0 aromatic heterocycles. The summed E-state index contributed by atoms with van der Waals surface area (Å²) in [4.78, 5) is 23.5. The second-order valence-corrected chi connectivity index (χ2v) is 5.04. The van der Waals surface area contributed by atoms with Crippen LogP contribution in [0.25, 0.3) is 0 Å². The summed E-state index contributed by atoms with van der Waals surface area (Å²) in [5, 5.41) is 23.1. The molecule has 1 atom stereocenters. The van der Waals surface area contributed by atoms with E-state index in [1.807, 2.05) is 7.05 Å². The number of carboxylic acid groups (broad SMARTS) is 1. The molecule has 0 aliphatic carbocycles. The van der Waals surface area contributed by atoms with Crippen molar-refractivity contribution in [3.63, 3.8) is 0 Å². The number of aromatic carboxylic acids is 1.